The van der Waals surface area contributed by atoms with Crippen molar-refractivity contribution in [2.75, 3.05) is 13.1 Å². The number of amides is 1. The van der Waals surface area contributed by atoms with E-state index in [0.29, 0.717) is 12.0 Å². The summed E-state index contributed by atoms with van der Waals surface area (Å²) >= 11 is 0. The number of nitrogens with zero attached hydrogens (tertiary/aromatic N) is 1. The molecule has 3 heterocycles. The summed E-state index contributed by atoms with van der Waals surface area (Å²) in [6.07, 6.45) is 9.00. The topological polar surface area (TPSA) is 54.7 Å². The van der Waals surface area contributed by atoms with E-state index in [1.54, 1.807) is 12.5 Å². The molecule has 1 aromatic heterocycles. The highest BCUT2D eigenvalue weighted by Gasteiger charge is 2.42. The average Bonchev–Trinajstić information content (AvgIpc) is 3.11. The van der Waals surface area contributed by atoms with Crippen LogP contribution in [0.1, 0.15) is 37.7 Å². The van der Waals surface area contributed by atoms with E-state index < -0.39 is 0 Å². The Bertz CT molecular complexity index is 512. The molecule has 4 rings (SSSR count). The molecule has 5 nitrogen and oxygen atoms in total. The number of nitrogens with one attached hydrogen (secondary N) is 1. The third kappa shape index (κ3) is 2.92. The van der Waals surface area contributed by atoms with Crippen molar-refractivity contribution in [3.8, 4) is 0 Å². The molecule has 0 spiro atoms. The van der Waals surface area contributed by atoms with Gasteiger partial charge in [-0.25, -0.2) is 0 Å². The number of piperidine rings is 1. The van der Waals surface area contributed by atoms with Crippen molar-refractivity contribution in [3.05, 3.63) is 24.2 Å². The van der Waals surface area contributed by atoms with E-state index in [-0.39, 0.29) is 18.1 Å². The molecule has 120 valence electrons. The van der Waals surface area contributed by atoms with Gasteiger partial charge in [-0.3, -0.25) is 9.69 Å². The number of likely N-dealkylation sites (tertiary alicyclic amines) is 1. The summed E-state index contributed by atoms with van der Waals surface area (Å²) in [6.45, 7) is 2.90. The van der Waals surface area contributed by atoms with E-state index in [2.05, 4.69) is 10.2 Å². The van der Waals surface area contributed by atoms with Gasteiger partial charge >= 0.3 is 0 Å². The second-order valence-electron chi connectivity index (χ2n) is 6.95. The van der Waals surface area contributed by atoms with Crippen LogP contribution in [0.2, 0.25) is 0 Å². The van der Waals surface area contributed by atoms with Crippen molar-refractivity contribution in [2.24, 2.45) is 5.92 Å². The standard InChI is InChI=1S/C17H24N2O3/c20-17(18-14-2-1-3-14)15-8-13-4-6-19(10-16(13)22-15)9-12-5-7-21-11-12/h5,7,11,13-16H,1-4,6,8-10H2,(H,18,20)/t13-,15-,16+/m0/s1. The lowest BCUT2D eigenvalue weighted by molar-refractivity contribution is -0.134. The predicted molar refractivity (Wildman–Crippen MR) is 81.2 cm³/mol. The summed E-state index contributed by atoms with van der Waals surface area (Å²) in [4.78, 5) is 14.7. The zero-order valence-corrected chi connectivity index (χ0v) is 12.9. The van der Waals surface area contributed by atoms with Crippen LogP contribution in [0.3, 0.4) is 0 Å². The molecule has 3 aliphatic rings. The number of ether oxygens (including phenoxy) is 1. The Morgan fingerprint density at radius 1 is 1.36 bits per heavy atom. The second kappa shape index (κ2) is 6.05. The van der Waals surface area contributed by atoms with Gasteiger partial charge in [-0.2, -0.15) is 0 Å². The molecule has 3 atom stereocenters. The molecule has 1 N–H and O–H groups in total. The van der Waals surface area contributed by atoms with E-state index in [0.717, 1.165) is 45.3 Å². The van der Waals surface area contributed by atoms with Crippen LogP contribution in [0.5, 0.6) is 0 Å². The average molecular weight is 304 g/mol. The molecule has 0 bridgehead atoms. The van der Waals surface area contributed by atoms with Gasteiger partial charge in [0.25, 0.3) is 0 Å². The Balaban J connectivity index is 1.30. The Hall–Kier alpha value is -1.33. The maximum Gasteiger partial charge on any atom is 0.249 e. The predicted octanol–water partition coefficient (Wildman–Crippen LogP) is 1.93. The lowest BCUT2D eigenvalue weighted by Crippen LogP contribution is -2.45. The molecular formula is C17H24N2O3. The Kier molecular flexibility index (Phi) is 3.92. The summed E-state index contributed by atoms with van der Waals surface area (Å²) < 4.78 is 11.2. The molecule has 0 aromatic carbocycles. The fraction of sp³-hybridized carbons (Fsp3) is 0.706. The summed E-state index contributed by atoms with van der Waals surface area (Å²) in [6, 6.07) is 2.41. The lowest BCUT2D eigenvalue weighted by Gasteiger charge is -2.33. The molecule has 3 fully saturated rings. The number of rotatable bonds is 4. The molecule has 0 unspecified atom stereocenters. The van der Waals surface area contributed by atoms with Crippen LogP contribution in [0.25, 0.3) is 0 Å². The smallest absolute Gasteiger partial charge is 0.249 e. The Morgan fingerprint density at radius 2 is 2.27 bits per heavy atom. The van der Waals surface area contributed by atoms with E-state index in [1.165, 1.54) is 12.0 Å². The summed E-state index contributed by atoms with van der Waals surface area (Å²) in [5.74, 6) is 0.651. The van der Waals surface area contributed by atoms with E-state index >= 15 is 0 Å². The minimum absolute atomic E-state index is 0.112. The van der Waals surface area contributed by atoms with Crippen molar-refractivity contribution < 1.29 is 13.9 Å². The first-order valence-electron chi connectivity index (χ1n) is 8.47. The molecule has 5 heteroatoms. The SMILES string of the molecule is O=C(NC1CCC1)[C@@H]1C[C@@H]2CCN(Cc3ccoc3)C[C@H]2O1. The van der Waals surface area contributed by atoms with Crippen LogP contribution in [-0.2, 0) is 16.1 Å². The summed E-state index contributed by atoms with van der Waals surface area (Å²) in [7, 11) is 0. The van der Waals surface area contributed by atoms with E-state index in [4.69, 9.17) is 9.15 Å². The fourth-order valence-electron chi connectivity index (χ4n) is 3.79. The first kappa shape index (κ1) is 14.3. The number of fused-ring (bicyclic) bond motifs is 1. The number of hydrogen-bond acceptors (Lipinski definition) is 4. The minimum Gasteiger partial charge on any atom is -0.472 e. The second-order valence-corrected chi connectivity index (χ2v) is 6.95. The Labute approximate surface area is 131 Å². The molecule has 2 aliphatic heterocycles. The van der Waals surface area contributed by atoms with Crippen molar-refractivity contribution in [3.63, 3.8) is 0 Å². The number of furan rings is 1. The first-order valence-corrected chi connectivity index (χ1v) is 8.47. The van der Waals surface area contributed by atoms with Crippen molar-refractivity contribution in [1.29, 1.82) is 0 Å². The van der Waals surface area contributed by atoms with Gasteiger partial charge in [0.15, 0.2) is 0 Å². The normalized spacial score (nSPS) is 32.5. The third-order valence-electron chi connectivity index (χ3n) is 5.37. The van der Waals surface area contributed by atoms with Gasteiger partial charge in [0.2, 0.25) is 5.91 Å². The lowest BCUT2D eigenvalue weighted by atomic mass is 9.90. The highest BCUT2D eigenvalue weighted by atomic mass is 16.5. The third-order valence-corrected chi connectivity index (χ3v) is 5.37. The van der Waals surface area contributed by atoms with Gasteiger partial charge < -0.3 is 14.5 Å². The van der Waals surface area contributed by atoms with E-state index in [1.807, 2.05) is 6.07 Å². The molecule has 1 aromatic rings. The number of carbonyl (C=O) groups is 1. The molecule has 22 heavy (non-hydrogen) atoms. The van der Waals surface area contributed by atoms with Crippen LogP contribution >= 0.6 is 0 Å². The maximum atomic E-state index is 12.3. The van der Waals surface area contributed by atoms with Crippen LogP contribution in [-0.4, -0.2) is 42.1 Å². The van der Waals surface area contributed by atoms with Crippen LogP contribution in [0.4, 0.5) is 0 Å². The molecule has 0 radical (unpaired) electrons. The zero-order valence-electron chi connectivity index (χ0n) is 12.9. The quantitative estimate of drug-likeness (QED) is 0.923. The van der Waals surface area contributed by atoms with Crippen LogP contribution in [0, 0.1) is 5.92 Å². The fourth-order valence-corrected chi connectivity index (χ4v) is 3.79. The number of carbonyl (C=O) groups excluding carboxylic acids is 1. The largest absolute Gasteiger partial charge is 0.472 e. The molecule has 2 saturated heterocycles. The highest BCUT2D eigenvalue weighted by molar-refractivity contribution is 5.81. The monoisotopic (exact) mass is 304 g/mol. The molecule has 1 saturated carbocycles. The van der Waals surface area contributed by atoms with Gasteiger partial charge in [0.1, 0.15) is 6.10 Å². The van der Waals surface area contributed by atoms with Crippen LogP contribution < -0.4 is 5.32 Å². The van der Waals surface area contributed by atoms with Gasteiger partial charge in [-0.15, -0.1) is 0 Å². The maximum absolute atomic E-state index is 12.3. The van der Waals surface area contributed by atoms with Gasteiger partial charge in [0.05, 0.1) is 18.6 Å². The number of hydrogen-bond donors (Lipinski definition) is 1. The summed E-state index contributed by atoms with van der Waals surface area (Å²) in [5, 5.41) is 3.13. The highest BCUT2D eigenvalue weighted by Crippen LogP contribution is 2.34. The minimum atomic E-state index is -0.232. The van der Waals surface area contributed by atoms with Crippen LogP contribution in [0.15, 0.2) is 23.0 Å². The molecule has 1 amide bonds. The van der Waals surface area contributed by atoms with E-state index in [9.17, 15) is 4.79 Å². The van der Waals surface area contributed by atoms with Crippen molar-refractivity contribution in [1.82, 2.24) is 10.2 Å². The van der Waals surface area contributed by atoms with Gasteiger partial charge in [-0.05, 0) is 50.6 Å². The Morgan fingerprint density at radius 3 is 3.00 bits per heavy atom. The molecular weight excluding hydrogens is 280 g/mol. The van der Waals surface area contributed by atoms with Gasteiger partial charge in [-0.1, -0.05) is 0 Å². The van der Waals surface area contributed by atoms with Crippen molar-refractivity contribution >= 4 is 5.91 Å². The zero-order chi connectivity index (χ0) is 14.9. The molecule has 1 aliphatic carbocycles. The van der Waals surface area contributed by atoms with Crippen molar-refractivity contribution in [2.45, 2.75) is 56.9 Å². The van der Waals surface area contributed by atoms with Gasteiger partial charge in [0, 0.05) is 24.7 Å². The summed E-state index contributed by atoms with van der Waals surface area (Å²) in [5.41, 5.74) is 1.20. The first-order chi connectivity index (χ1) is 10.8.